The van der Waals surface area contributed by atoms with E-state index in [2.05, 4.69) is 0 Å². The molecule has 0 spiro atoms. The maximum atomic E-state index is 12.8. The summed E-state index contributed by atoms with van der Waals surface area (Å²) in [6, 6.07) is 13.9. The molecule has 0 saturated heterocycles. The van der Waals surface area contributed by atoms with E-state index >= 15 is 0 Å². The summed E-state index contributed by atoms with van der Waals surface area (Å²) in [6.07, 6.45) is 0. The molecule has 100 valence electrons. The predicted molar refractivity (Wildman–Crippen MR) is 72.9 cm³/mol. The number of rotatable bonds is 5. The third-order valence-electron chi connectivity index (χ3n) is 3.03. The van der Waals surface area contributed by atoms with Crippen LogP contribution in [0, 0.1) is 12.7 Å². The molecular weight excluding hydrogens is 243 g/mol. The standard InChI is InChI=1S/C16H17FO2/c1-12-2-4-13(5-3-12)14(10-18)11-19-16-8-6-15(17)7-9-16/h2-9,14,18H,10-11H2,1H3. The van der Waals surface area contributed by atoms with Crippen molar-refractivity contribution in [1.29, 1.82) is 0 Å². The van der Waals surface area contributed by atoms with Crippen LogP contribution in [0.25, 0.3) is 0 Å². The van der Waals surface area contributed by atoms with Crippen molar-refractivity contribution in [2.75, 3.05) is 13.2 Å². The molecule has 2 aromatic carbocycles. The minimum Gasteiger partial charge on any atom is -0.493 e. The Kier molecular flexibility index (Phi) is 4.53. The minimum absolute atomic E-state index is 0.0181. The predicted octanol–water partition coefficient (Wildman–Crippen LogP) is 3.29. The van der Waals surface area contributed by atoms with Crippen molar-refractivity contribution < 1.29 is 14.2 Å². The first-order valence-corrected chi connectivity index (χ1v) is 6.25. The molecule has 1 N–H and O–H groups in total. The Hall–Kier alpha value is -1.87. The molecule has 2 nitrogen and oxygen atoms in total. The fourth-order valence-electron chi connectivity index (χ4n) is 1.82. The SMILES string of the molecule is Cc1ccc(C(CO)COc2ccc(F)cc2)cc1. The fourth-order valence-corrected chi connectivity index (χ4v) is 1.82. The van der Waals surface area contributed by atoms with Crippen LogP contribution in [0.1, 0.15) is 17.0 Å². The van der Waals surface area contributed by atoms with E-state index in [9.17, 15) is 9.50 Å². The average molecular weight is 260 g/mol. The molecule has 1 atom stereocenters. The van der Waals surface area contributed by atoms with E-state index in [0.29, 0.717) is 12.4 Å². The van der Waals surface area contributed by atoms with Crippen LogP contribution in [0.2, 0.25) is 0 Å². The Morgan fingerprint density at radius 3 is 2.26 bits per heavy atom. The Morgan fingerprint density at radius 2 is 1.68 bits per heavy atom. The quantitative estimate of drug-likeness (QED) is 0.894. The van der Waals surface area contributed by atoms with Crippen LogP contribution in [-0.2, 0) is 0 Å². The smallest absolute Gasteiger partial charge is 0.123 e. The van der Waals surface area contributed by atoms with Gasteiger partial charge in [-0.2, -0.15) is 0 Å². The van der Waals surface area contributed by atoms with Crippen LogP contribution in [0.15, 0.2) is 48.5 Å². The van der Waals surface area contributed by atoms with Gasteiger partial charge in [-0.1, -0.05) is 29.8 Å². The molecule has 0 aliphatic carbocycles. The van der Waals surface area contributed by atoms with Crippen molar-refractivity contribution in [3.63, 3.8) is 0 Å². The summed E-state index contributed by atoms with van der Waals surface area (Å²) >= 11 is 0. The molecule has 0 bridgehead atoms. The molecule has 0 aromatic heterocycles. The van der Waals surface area contributed by atoms with Gasteiger partial charge in [-0.15, -0.1) is 0 Å². The minimum atomic E-state index is -0.287. The number of aliphatic hydroxyl groups is 1. The van der Waals surface area contributed by atoms with E-state index in [1.165, 1.54) is 17.7 Å². The largest absolute Gasteiger partial charge is 0.493 e. The molecular formula is C16H17FO2. The third-order valence-corrected chi connectivity index (χ3v) is 3.03. The number of aliphatic hydroxyl groups excluding tert-OH is 1. The molecule has 19 heavy (non-hydrogen) atoms. The van der Waals surface area contributed by atoms with Crippen LogP contribution in [0.5, 0.6) is 5.75 Å². The second kappa shape index (κ2) is 6.34. The van der Waals surface area contributed by atoms with Crippen molar-refractivity contribution in [2.24, 2.45) is 0 Å². The summed E-state index contributed by atoms with van der Waals surface area (Å²) in [5, 5.41) is 9.43. The van der Waals surface area contributed by atoms with Crippen LogP contribution in [-0.4, -0.2) is 18.3 Å². The number of halogens is 1. The summed E-state index contributed by atoms with van der Waals surface area (Å²) in [7, 11) is 0. The zero-order chi connectivity index (χ0) is 13.7. The molecule has 0 radical (unpaired) electrons. The van der Waals surface area contributed by atoms with Gasteiger partial charge < -0.3 is 9.84 Å². The third kappa shape index (κ3) is 3.80. The van der Waals surface area contributed by atoms with E-state index in [1.807, 2.05) is 31.2 Å². The fraction of sp³-hybridized carbons (Fsp3) is 0.250. The van der Waals surface area contributed by atoms with Gasteiger partial charge in [0.25, 0.3) is 0 Å². The summed E-state index contributed by atoms with van der Waals surface area (Å²) < 4.78 is 18.3. The normalized spacial score (nSPS) is 12.2. The van der Waals surface area contributed by atoms with Crippen molar-refractivity contribution in [3.8, 4) is 5.75 Å². The highest BCUT2D eigenvalue weighted by atomic mass is 19.1. The van der Waals surface area contributed by atoms with Gasteiger partial charge in [-0.3, -0.25) is 0 Å². The zero-order valence-electron chi connectivity index (χ0n) is 10.8. The van der Waals surface area contributed by atoms with Gasteiger partial charge in [0.2, 0.25) is 0 Å². The highest BCUT2D eigenvalue weighted by Gasteiger charge is 2.11. The maximum Gasteiger partial charge on any atom is 0.123 e. The number of hydrogen-bond acceptors (Lipinski definition) is 2. The van der Waals surface area contributed by atoms with Crippen molar-refractivity contribution >= 4 is 0 Å². The van der Waals surface area contributed by atoms with Gasteiger partial charge >= 0.3 is 0 Å². The Morgan fingerprint density at radius 1 is 1.05 bits per heavy atom. The van der Waals surface area contributed by atoms with Gasteiger partial charge in [-0.25, -0.2) is 4.39 Å². The van der Waals surface area contributed by atoms with E-state index < -0.39 is 0 Å². The van der Waals surface area contributed by atoms with Crippen molar-refractivity contribution in [1.82, 2.24) is 0 Å². The molecule has 2 aromatic rings. The van der Waals surface area contributed by atoms with Crippen molar-refractivity contribution in [3.05, 3.63) is 65.5 Å². The summed E-state index contributed by atoms with van der Waals surface area (Å²) in [5.41, 5.74) is 2.22. The molecule has 1 unspecified atom stereocenters. The summed E-state index contributed by atoms with van der Waals surface area (Å²) in [5.74, 6) is 0.238. The molecule has 0 heterocycles. The van der Waals surface area contributed by atoms with Gasteiger partial charge in [0, 0.05) is 5.92 Å². The number of aryl methyl sites for hydroxylation is 1. The van der Waals surface area contributed by atoms with Crippen LogP contribution in [0.3, 0.4) is 0 Å². The highest BCUT2D eigenvalue weighted by Crippen LogP contribution is 2.19. The monoisotopic (exact) mass is 260 g/mol. The van der Waals surface area contributed by atoms with Crippen LogP contribution < -0.4 is 4.74 Å². The Bertz CT molecular complexity index is 505. The Balaban J connectivity index is 1.99. The van der Waals surface area contributed by atoms with E-state index in [1.54, 1.807) is 12.1 Å². The topological polar surface area (TPSA) is 29.5 Å². The lowest BCUT2D eigenvalue weighted by atomic mass is 10.00. The van der Waals surface area contributed by atoms with E-state index in [4.69, 9.17) is 4.74 Å². The van der Waals surface area contributed by atoms with Gasteiger partial charge in [-0.05, 0) is 36.8 Å². The summed E-state index contributed by atoms with van der Waals surface area (Å²) in [4.78, 5) is 0. The Labute approximate surface area is 112 Å². The lowest BCUT2D eigenvalue weighted by Gasteiger charge is -2.16. The second-order valence-electron chi connectivity index (χ2n) is 4.56. The molecule has 0 saturated carbocycles. The van der Waals surface area contributed by atoms with E-state index in [0.717, 1.165) is 5.56 Å². The van der Waals surface area contributed by atoms with Gasteiger partial charge in [0.05, 0.1) is 13.2 Å². The maximum absolute atomic E-state index is 12.8. The molecule has 0 amide bonds. The first-order chi connectivity index (χ1) is 9.19. The first-order valence-electron chi connectivity index (χ1n) is 6.25. The first kappa shape index (κ1) is 13.6. The number of hydrogen-bond donors (Lipinski definition) is 1. The van der Waals surface area contributed by atoms with Crippen molar-refractivity contribution in [2.45, 2.75) is 12.8 Å². The second-order valence-corrected chi connectivity index (χ2v) is 4.56. The van der Waals surface area contributed by atoms with Gasteiger partial charge in [0.15, 0.2) is 0 Å². The zero-order valence-corrected chi connectivity index (χ0v) is 10.8. The highest BCUT2D eigenvalue weighted by molar-refractivity contribution is 5.26. The van der Waals surface area contributed by atoms with Gasteiger partial charge in [0.1, 0.15) is 11.6 Å². The summed E-state index contributed by atoms with van der Waals surface area (Å²) in [6.45, 7) is 2.40. The van der Waals surface area contributed by atoms with E-state index in [-0.39, 0.29) is 18.3 Å². The molecule has 2 rings (SSSR count). The lowest BCUT2D eigenvalue weighted by molar-refractivity contribution is 0.205. The number of benzene rings is 2. The number of ether oxygens (including phenoxy) is 1. The van der Waals surface area contributed by atoms with Crippen LogP contribution in [0.4, 0.5) is 4.39 Å². The van der Waals surface area contributed by atoms with Crippen LogP contribution >= 0.6 is 0 Å². The molecule has 0 aliphatic heterocycles. The molecule has 3 heteroatoms. The lowest BCUT2D eigenvalue weighted by Crippen LogP contribution is -2.14. The molecule has 0 fully saturated rings. The average Bonchev–Trinajstić information content (AvgIpc) is 2.43. The molecule has 0 aliphatic rings.